The number of nitrogens with one attached hydrogen (secondary N) is 1. The highest BCUT2D eigenvalue weighted by atomic mass is 35.5. The third-order valence-corrected chi connectivity index (χ3v) is 2.74. The summed E-state index contributed by atoms with van der Waals surface area (Å²) in [6.45, 7) is 0. The van der Waals surface area contributed by atoms with E-state index < -0.39 is 5.91 Å². The van der Waals surface area contributed by atoms with Gasteiger partial charge in [0.05, 0.1) is 23.1 Å². The van der Waals surface area contributed by atoms with Gasteiger partial charge in [-0.15, -0.1) is 0 Å². The molecule has 0 fully saturated rings. The maximum atomic E-state index is 11.9. The Labute approximate surface area is 113 Å². The highest BCUT2D eigenvalue weighted by Crippen LogP contribution is 2.23. The van der Waals surface area contributed by atoms with Crippen LogP contribution >= 0.6 is 23.2 Å². The summed E-state index contributed by atoms with van der Waals surface area (Å²) in [6, 6.07) is 7.98. The Kier molecular flexibility index (Phi) is 3.56. The lowest BCUT2D eigenvalue weighted by molar-refractivity contribution is 0.102. The van der Waals surface area contributed by atoms with Gasteiger partial charge in [-0.25, -0.2) is 0 Å². The first-order valence-corrected chi connectivity index (χ1v) is 5.61. The van der Waals surface area contributed by atoms with Gasteiger partial charge in [-0.1, -0.05) is 11.6 Å². The van der Waals surface area contributed by atoms with Crippen LogP contribution < -0.4 is 5.32 Å². The summed E-state index contributed by atoms with van der Waals surface area (Å²) in [5.74, 6) is -0.465. The molecule has 1 aromatic carbocycles. The number of nitrogens with zero attached hydrogens (tertiary/aromatic N) is 1. The largest absolute Gasteiger partial charge is 0.452 e. The molecular formula is C12H6Cl2N2O2. The molecule has 0 saturated carbocycles. The average molecular weight is 281 g/mol. The van der Waals surface area contributed by atoms with Crippen molar-refractivity contribution in [3.63, 3.8) is 0 Å². The number of carbonyl (C=O) groups is 1. The molecule has 2 rings (SSSR count). The molecule has 1 aromatic heterocycles. The third-order valence-electron chi connectivity index (χ3n) is 2.21. The van der Waals surface area contributed by atoms with Gasteiger partial charge in [0.1, 0.15) is 6.07 Å². The molecule has 90 valence electrons. The first-order chi connectivity index (χ1) is 8.61. The van der Waals surface area contributed by atoms with Gasteiger partial charge in [-0.2, -0.15) is 5.26 Å². The van der Waals surface area contributed by atoms with Crippen LogP contribution in [-0.4, -0.2) is 5.91 Å². The van der Waals surface area contributed by atoms with Crippen molar-refractivity contribution < 1.29 is 9.21 Å². The molecule has 0 atom stereocenters. The molecule has 0 radical (unpaired) electrons. The molecule has 0 aliphatic carbocycles. The smallest absolute Gasteiger partial charge is 0.260 e. The van der Waals surface area contributed by atoms with E-state index >= 15 is 0 Å². The number of nitriles is 1. The van der Waals surface area contributed by atoms with Gasteiger partial charge >= 0.3 is 0 Å². The number of hydrogen-bond acceptors (Lipinski definition) is 3. The van der Waals surface area contributed by atoms with Gasteiger partial charge in [0.25, 0.3) is 5.91 Å². The summed E-state index contributed by atoms with van der Waals surface area (Å²) in [7, 11) is 0. The molecule has 1 heterocycles. The molecule has 1 N–H and O–H groups in total. The predicted octanol–water partition coefficient (Wildman–Crippen LogP) is 3.71. The number of rotatable bonds is 2. The van der Waals surface area contributed by atoms with Crippen molar-refractivity contribution in [2.75, 3.05) is 5.32 Å². The predicted molar refractivity (Wildman–Crippen MR) is 67.8 cm³/mol. The summed E-state index contributed by atoms with van der Waals surface area (Å²) in [5.41, 5.74) is 0.833. The third kappa shape index (κ3) is 2.48. The molecule has 0 unspecified atom stereocenters. The molecule has 2 aromatic rings. The van der Waals surface area contributed by atoms with Crippen LogP contribution in [0.3, 0.4) is 0 Å². The molecule has 1 amide bonds. The molecule has 6 heteroatoms. The van der Waals surface area contributed by atoms with E-state index in [-0.39, 0.29) is 10.8 Å². The molecule has 0 aliphatic rings. The lowest BCUT2D eigenvalue weighted by Crippen LogP contribution is -2.12. The topological polar surface area (TPSA) is 66.0 Å². The highest BCUT2D eigenvalue weighted by Gasteiger charge is 2.14. The summed E-state index contributed by atoms with van der Waals surface area (Å²) in [4.78, 5) is 11.9. The maximum Gasteiger partial charge on any atom is 0.260 e. The second-order valence-corrected chi connectivity index (χ2v) is 4.14. The number of halogens is 2. The summed E-state index contributed by atoms with van der Waals surface area (Å²) < 4.78 is 4.82. The molecule has 18 heavy (non-hydrogen) atoms. The second-order valence-electron chi connectivity index (χ2n) is 3.36. The van der Waals surface area contributed by atoms with Crippen LogP contribution in [0.25, 0.3) is 0 Å². The van der Waals surface area contributed by atoms with E-state index in [0.717, 1.165) is 0 Å². The normalized spacial score (nSPS) is 9.83. The van der Waals surface area contributed by atoms with Crippen molar-refractivity contribution in [1.29, 1.82) is 5.26 Å². The van der Waals surface area contributed by atoms with Crippen LogP contribution in [0.1, 0.15) is 15.9 Å². The Morgan fingerprint density at radius 2 is 2.11 bits per heavy atom. The lowest BCUT2D eigenvalue weighted by atomic mass is 10.2. The van der Waals surface area contributed by atoms with Crippen molar-refractivity contribution in [3.8, 4) is 6.07 Å². The van der Waals surface area contributed by atoms with Gasteiger partial charge in [0.15, 0.2) is 0 Å². The molecular weight excluding hydrogens is 275 g/mol. The van der Waals surface area contributed by atoms with Crippen molar-refractivity contribution >= 4 is 34.8 Å². The summed E-state index contributed by atoms with van der Waals surface area (Å²) in [5, 5.41) is 11.9. The van der Waals surface area contributed by atoms with E-state index in [9.17, 15) is 4.79 Å². The van der Waals surface area contributed by atoms with Crippen LogP contribution in [0.4, 0.5) is 5.69 Å². The van der Waals surface area contributed by atoms with Crippen LogP contribution in [0.5, 0.6) is 0 Å². The van der Waals surface area contributed by atoms with Gasteiger partial charge in [0, 0.05) is 5.02 Å². The van der Waals surface area contributed by atoms with Crippen LogP contribution in [0.15, 0.2) is 34.9 Å². The van der Waals surface area contributed by atoms with Gasteiger partial charge in [-0.05, 0) is 35.9 Å². The van der Waals surface area contributed by atoms with Crippen LogP contribution in [0, 0.1) is 11.3 Å². The van der Waals surface area contributed by atoms with E-state index in [0.29, 0.717) is 16.3 Å². The molecule has 0 aliphatic heterocycles. The van der Waals surface area contributed by atoms with E-state index in [1.807, 2.05) is 6.07 Å². The van der Waals surface area contributed by atoms with Crippen molar-refractivity contribution in [1.82, 2.24) is 0 Å². The van der Waals surface area contributed by atoms with Crippen LogP contribution in [0.2, 0.25) is 10.2 Å². The summed E-state index contributed by atoms with van der Waals surface area (Å²) in [6.07, 6.45) is 1.31. The van der Waals surface area contributed by atoms with E-state index in [1.165, 1.54) is 24.5 Å². The van der Waals surface area contributed by atoms with E-state index in [4.69, 9.17) is 32.9 Å². The number of furan rings is 1. The number of carbonyl (C=O) groups excluding carboxylic acids is 1. The monoisotopic (exact) mass is 280 g/mol. The van der Waals surface area contributed by atoms with Gasteiger partial charge in [0.2, 0.25) is 5.22 Å². The van der Waals surface area contributed by atoms with Crippen molar-refractivity contribution in [2.45, 2.75) is 0 Å². The Hall–Kier alpha value is -1.96. The summed E-state index contributed by atoms with van der Waals surface area (Å²) >= 11 is 11.5. The van der Waals surface area contributed by atoms with Crippen LogP contribution in [-0.2, 0) is 0 Å². The highest BCUT2D eigenvalue weighted by molar-refractivity contribution is 6.33. The van der Waals surface area contributed by atoms with Crippen molar-refractivity contribution in [2.24, 2.45) is 0 Å². The zero-order valence-electron chi connectivity index (χ0n) is 8.91. The first-order valence-electron chi connectivity index (χ1n) is 4.86. The Balaban J connectivity index is 2.30. The first kappa shape index (κ1) is 12.5. The number of benzene rings is 1. The minimum absolute atomic E-state index is 0.00645. The fraction of sp³-hybridized carbons (Fsp3) is 0. The quantitative estimate of drug-likeness (QED) is 0.912. The second kappa shape index (κ2) is 5.13. The molecule has 0 bridgehead atoms. The SMILES string of the molecule is N#Cc1ccc(Cl)cc1NC(=O)c1ccoc1Cl. The molecule has 0 saturated heterocycles. The van der Waals surface area contributed by atoms with E-state index in [2.05, 4.69) is 5.32 Å². The zero-order valence-corrected chi connectivity index (χ0v) is 10.4. The number of anilines is 1. The lowest BCUT2D eigenvalue weighted by Gasteiger charge is -2.06. The van der Waals surface area contributed by atoms with Gasteiger partial charge < -0.3 is 9.73 Å². The minimum Gasteiger partial charge on any atom is -0.452 e. The Morgan fingerprint density at radius 3 is 2.72 bits per heavy atom. The Morgan fingerprint density at radius 1 is 1.33 bits per heavy atom. The zero-order chi connectivity index (χ0) is 13.1. The van der Waals surface area contributed by atoms with E-state index in [1.54, 1.807) is 6.07 Å². The van der Waals surface area contributed by atoms with Crippen molar-refractivity contribution in [3.05, 3.63) is 51.9 Å². The standard InChI is InChI=1S/C12H6Cl2N2O2/c13-8-2-1-7(6-15)10(5-8)16-12(17)9-3-4-18-11(9)14/h1-5H,(H,16,17). The fourth-order valence-corrected chi connectivity index (χ4v) is 1.74. The maximum absolute atomic E-state index is 11.9. The number of amides is 1. The van der Waals surface area contributed by atoms with Gasteiger partial charge in [-0.3, -0.25) is 4.79 Å². The molecule has 4 nitrogen and oxygen atoms in total. The fourth-order valence-electron chi connectivity index (χ4n) is 1.36. The average Bonchev–Trinajstić information content (AvgIpc) is 2.76. The molecule has 0 spiro atoms. The Bertz CT molecular complexity index is 644. The minimum atomic E-state index is -0.465. The number of hydrogen-bond donors (Lipinski definition) is 1.